The largest absolute Gasteiger partial charge is 0.0620 e. The van der Waals surface area contributed by atoms with Crippen molar-refractivity contribution in [3.8, 4) is 0 Å². The van der Waals surface area contributed by atoms with Crippen LogP contribution >= 0.6 is 0 Å². The molecule has 0 aliphatic heterocycles. The second-order valence-corrected chi connectivity index (χ2v) is 2.08. The molecule has 1 heteroatoms. The average Bonchev–Trinajstić information content (AvgIpc) is 1.77. The van der Waals surface area contributed by atoms with Crippen LogP contribution in [-0.2, 0) is 17.4 Å². The number of aryl methyl sites for hydroxylation is 2. The first kappa shape index (κ1) is 8.75. The van der Waals surface area contributed by atoms with E-state index >= 15 is 0 Å². The van der Waals surface area contributed by atoms with Crippen LogP contribution in [0.25, 0.3) is 0 Å². The van der Waals surface area contributed by atoms with Crippen molar-refractivity contribution in [1.29, 1.82) is 0 Å². The van der Waals surface area contributed by atoms with Crippen LogP contribution in [0.3, 0.4) is 0 Å². The van der Waals surface area contributed by atoms with Gasteiger partial charge in [-0.2, -0.15) is 0 Å². The van der Waals surface area contributed by atoms with Crippen molar-refractivity contribution in [2.75, 3.05) is 0 Å². The van der Waals surface area contributed by atoms with Gasteiger partial charge in [-0.3, -0.25) is 0 Å². The van der Waals surface area contributed by atoms with Crippen LogP contribution in [0.5, 0.6) is 0 Å². The second-order valence-electron chi connectivity index (χ2n) is 2.08. The van der Waals surface area contributed by atoms with Gasteiger partial charge in [0, 0.05) is 17.4 Å². The average molecular weight is 158 g/mol. The molecule has 1 aromatic carbocycles. The number of hydrogen-bond donors (Lipinski definition) is 0. The molecule has 0 nitrogen and oxygen atoms in total. The number of hydrogen-bond acceptors (Lipinski definition) is 0. The molecule has 9 heavy (non-hydrogen) atoms. The van der Waals surface area contributed by atoms with Gasteiger partial charge in [0.15, 0.2) is 0 Å². The molecule has 0 aliphatic rings. The maximum absolute atomic E-state index is 2.12. The van der Waals surface area contributed by atoms with Gasteiger partial charge in [-0.25, -0.2) is 0 Å². The Kier molecular flexibility index (Phi) is 3.61. The molecule has 0 spiro atoms. The molecule has 0 bridgehead atoms. The number of rotatable bonds is 0. The first-order valence-corrected chi connectivity index (χ1v) is 2.83. The van der Waals surface area contributed by atoms with Gasteiger partial charge >= 0.3 is 0 Å². The quantitative estimate of drug-likeness (QED) is 0.543. The summed E-state index contributed by atoms with van der Waals surface area (Å²) >= 11 is 0. The molecule has 1 aromatic rings. The molecule has 0 atom stereocenters. The van der Waals surface area contributed by atoms with Crippen LogP contribution in [0, 0.1) is 13.8 Å². The molecule has 0 saturated heterocycles. The third kappa shape index (κ3) is 2.22. The Balaban J connectivity index is 0.000000640. The smallest absolute Gasteiger partial charge is 0 e. The van der Waals surface area contributed by atoms with Crippen molar-refractivity contribution in [2.24, 2.45) is 0 Å². The van der Waals surface area contributed by atoms with Crippen LogP contribution in [0.4, 0.5) is 0 Å². The second kappa shape index (κ2) is 3.72. The minimum Gasteiger partial charge on any atom is -0.0620 e. The van der Waals surface area contributed by atoms with Gasteiger partial charge in [0.1, 0.15) is 0 Å². The monoisotopic (exact) mass is 158 g/mol. The van der Waals surface area contributed by atoms with Gasteiger partial charge in [-0.15, -0.1) is 0 Å². The maximum Gasteiger partial charge on any atom is 0 e. The van der Waals surface area contributed by atoms with E-state index in [0.717, 1.165) is 0 Å². The fraction of sp³-hybridized carbons (Fsp3) is 0.250. The molecule has 0 amide bonds. The van der Waals surface area contributed by atoms with E-state index in [2.05, 4.69) is 38.1 Å². The summed E-state index contributed by atoms with van der Waals surface area (Å²) in [5, 5.41) is 0. The topological polar surface area (TPSA) is 0 Å². The van der Waals surface area contributed by atoms with E-state index in [1.165, 1.54) is 11.1 Å². The zero-order chi connectivity index (χ0) is 5.98. The standard InChI is InChI=1S/C8H10.Cr/c1-7-5-3-4-6-8(7)2;/h3-6H,1-2H3;. The minimum absolute atomic E-state index is 0. The molecular weight excluding hydrogens is 148 g/mol. The molecule has 0 aromatic heterocycles. The molecule has 0 heterocycles. The van der Waals surface area contributed by atoms with Crippen molar-refractivity contribution >= 4 is 0 Å². The molecule has 1 rings (SSSR count). The molecule has 0 radical (unpaired) electrons. The van der Waals surface area contributed by atoms with E-state index in [1.807, 2.05) is 0 Å². The fourth-order valence-electron chi connectivity index (χ4n) is 0.663. The number of benzene rings is 1. The first-order valence-electron chi connectivity index (χ1n) is 2.83. The summed E-state index contributed by atoms with van der Waals surface area (Å²) in [5.74, 6) is 0. The van der Waals surface area contributed by atoms with Gasteiger partial charge in [-0.1, -0.05) is 24.3 Å². The van der Waals surface area contributed by atoms with Gasteiger partial charge in [-0.05, 0) is 25.0 Å². The molecule has 0 unspecified atom stereocenters. The summed E-state index contributed by atoms with van der Waals surface area (Å²) in [5.41, 5.74) is 2.74. The Bertz CT molecular complexity index is 161. The fourth-order valence-corrected chi connectivity index (χ4v) is 0.663. The Morgan fingerprint density at radius 2 is 1.22 bits per heavy atom. The molecule has 0 aliphatic carbocycles. The Labute approximate surface area is 67.0 Å². The van der Waals surface area contributed by atoms with Gasteiger partial charge in [0.05, 0.1) is 0 Å². The van der Waals surface area contributed by atoms with Gasteiger partial charge < -0.3 is 0 Å². The van der Waals surface area contributed by atoms with Crippen molar-refractivity contribution in [1.82, 2.24) is 0 Å². The van der Waals surface area contributed by atoms with Crippen molar-refractivity contribution in [2.45, 2.75) is 13.8 Å². The predicted molar refractivity (Wildman–Crippen MR) is 35.9 cm³/mol. The summed E-state index contributed by atoms with van der Waals surface area (Å²) in [6.07, 6.45) is 0. The summed E-state index contributed by atoms with van der Waals surface area (Å²) in [6, 6.07) is 8.36. The third-order valence-corrected chi connectivity index (χ3v) is 1.43. The van der Waals surface area contributed by atoms with Crippen LogP contribution in [0.15, 0.2) is 24.3 Å². The molecule has 0 fully saturated rings. The Morgan fingerprint density at radius 3 is 1.44 bits per heavy atom. The van der Waals surface area contributed by atoms with E-state index in [1.54, 1.807) is 0 Å². The molecular formula is C8H10Cr. The summed E-state index contributed by atoms with van der Waals surface area (Å²) in [6.45, 7) is 4.24. The van der Waals surface area contributed by atoms with Crippen LogP contribution in [-0.4, -0.2) is 0 Å². The summed E-state index contributed by atoms with van der Waals surface area (Å²) in [7, 11) is 0. The predicted octanol–water partition coefficient (Wildman–Crippen LogP) is 2.30. The van der Waals surface area contributed by atoms with Crippen molar-refractivity contribution < 1.29 is 17.4 Å². The van der Waals surface area contributed by atoms with Crippen molar-refractivity contribution in [3.63, 3.8) is 0 Å². The van der Waals surface area contributed by atoms with Crippen molar-refractivity contribution in [3.05, 3.63) is 35.4 Å². The van der Waals surface area contributed by atoms with E-state index in [-0.39, 0.29) is 17.4 Å². The Hall–Kier alpha value is -0.248. The first-order chi connectivity index (χ1) is 3.80. The van der Waals surface area contributed by atoms with E-state index in [4.69, 9.17) is 0 Å². The summed E-state index contributed by atoms with van der Waals surface area (Å²) < 4.78 is 0. The normalized spacial score (nSPS) is 8.22. The zero-order valence-corrected chi connectivity index (χ0v) is 6.99. The Morgan fingerprint density at radius 1 is 0.889 bits per heavy atom. The molecule has 48 valence electrons. The van der Waals surface area contributed by atoms with Crippen LogP contribution < -0.4 is 0 Å². The third-order valence-electron chi connectivity index (χ3n) is 1.43. The van der Waals surface area contributed by atoms with E-state index in [9.17, 15) is 0 Å². The summed E-state index contributed by atoms with van der Waals surface area (Å²) in [4.78, 5) is 0. The van der Waals surface area contributed by atoms with E-state index in [0.29, 0.717) is 0 Å². The molecule has 0 N–H and O–H groups in total. The van der Waals surface area contributed by atoms with Crippen LogP contribution in [0.1, 0.15) is 11.1 Å². The van der Waals surface area contributed by atoms with Gasteiger partial charge in [0.25, 0.3) is 0 Å². The van der Waals surface area contributed by atoms with E-state index < -0.39 is 0 Å². The minimum atomic E-state index is 0. The SMILES string of the molecule is Cc1ccccc1C.[Cr]. The van der Waals surface area contributed by atoms with Gasteiger partial charge in [0.2, 0.25) is 0 Å². The molecule has 0 saturated carbocycles. The van der Waals surface area contributed by atoms with Crippen LogP contribution in [0.2, 0.25) is 0 Å². The zero-order valence-electron chi connectivity index (χ0n) is 5.72. The maximum atomic E-state index is 2.12.